The lowest BCUT2D eigenvalue weighted by Crippen LogP contribution is -2.22. The summed E-state index contributed by atoms with van der Waals surface area (Å²) >= 11 is 6.28. The van der Waals surface area contributed by atoms with E-state index in [0.717, 1.165) is 11.1 Å². The standard InChI is InChI=1S/C14H14N2O2S2/c1-18-11-5-6-20-12(11)14(17)16-8-9-3-2-4-10(7-9)13(15)19/h2-7H,8H2,1H3,(H2,15,19)(H,16,17). The number of hydrogen-bond acceptors (Lipinski definition) is 4. The van der Waals surface area contributed by atoms with E-state index in [0.29, 0.717) is 22.2 Å². The van der Waals surface area contributed by atoms with Crippen molar-refractivity contribution in [1.82, 2.24) is 5.32 Å². The summed E-state index contributed by atoms with van der Waals surface area (Å²) in [6.07, 6.45) is 0. The number of hydrogen-bond donors (Lipinski definition) is 2. The summed E-state index contributed by atoms with van der Waals surface area (Å²) in [6, 6.07) is 9.26. The fraction of sp³-hybridized carbons (Fsp3) is 0.143. The van der Waals surface area contributed by atoms with Crippen molar-refractivity contribution in [3.8, 4) is 5.75 Å². The fourth-order valence-electron chi connectivity index (χ4n) is 1.72. The molecule has 104 valence electrons. The molecule has 2 aromatic rings. The highest BCUT2D eigenvalue weighted by Crippen LogP contribution is 2.24. The topological polar surface area (TPSA) is 64.3 Å². The summed E-state index contributed by atoms with van der Waals surface area (Å²) in [5.41, 5.74) is 7.32. The van der Waals surface area contributed by atoms with Gasteiger partial charge in [-0.2, -0.15) is 0 Å². The molecule has 0 aliphatic rings. The van der Waals surface area contributed by atoms with E-state index < -0.39 is 0 Å². The van der Waals surface area contributed by atoms with E-state index in [-0.39, 0.29) is 5.91 Å². The molecule has 0 atom stereocenters. The summed E-state index contributed by atoms with van der Waals surface area (Å²) < 4.78 is 5.13. The van der Waals surface area contributed by atoms with Crippen LogP contribution in [-0.2, 0) is 6.54 Å². The molecule has 0 saturated heterocycles. The van der Waals surface area contributed by atoms with E-state index in [4.69, 9.17) is 22.7 Å². The molecule has 0 unspecified atom stereocenters. The third kappa shape index (κ3) is 3.34. The van der Waals surface area contributed by atoms with Crippen LogP contribution in [0.5, 0.6) is 5.75 Å². The molecule has 1 amide bonds. The molecule has 0 radical (unpaired) electrons. The Kier molecular flexibility index (Phi) is 4.70. The molecule has 1 aromatic heterocycles. The van der Waals surface area contributed by atoms with E-state index in [2.05, 4.69) is 5.32 Å². The molecule has 4 nitrogen and oxygen atoms in total. The normalized spacial score (nSPS) is 10.1. The Morgan fingerprint density at radius 2 is 2.25 bits per heavy atom. The van der Waals surface area contributed by atoms with Crippen molar-refractivity contribution in [2.24, 2.45) is 5.73 Å². The van der Waals surface area contributed by atoms with Crippen molar-refractivity contribution in [3.05, 3.63) is 51.7 Å². The molecule has 1 heterocycles. The van der Waals surface area contributed by atoms with Crippen molar-refractivity contribution < 1.29 is 9.53 Å². The number of carbonyl (C=O) groups is 1. The van der Waals surface area contributed by atoms with Crippen LogP contribution in [0.3, 0.4) is 0 Å². The number of benzene rings is 1. The number of rotatable bonds is 5. The Balaban J connectivity index is 2.03. The van der Waals surface area contributed by atoms with Gasteiger partial charge in [0.25, 0.3) is 5.91 Å². The van der Waals surface area contributed by atoms with Gasteiger partial charge in [0.05, 0.1) is 7.11 Å². The van der Waals surface area contributed by atoms with E-state index in [1.807, 2.05) is 29.6 Å². The van der Waals surface area contributed by atoms with Crippen molar-refractivity contribution in [1.29, 1.82) is 0 Å². The predicted molar refractivity (Wildman–Crippen MR) is 84.4 cm³/mol. The average Bonchev–Trinajstić information content (AvgIpc) is 2.93. The molecule has 0 aliphatic carbocycles. The minimum absolute atomic E-state index is 0.155. The van der Waals surface area contributed by atoms with Crippen molar-refractivity contribution in [2.45, 2.75) is 6.54 Å². The average molecular weight is 306 g/mol. The molecule has 0 saturated carbocycles. The van der Waals surface area contributed by atoms with Crippen molar-refractivity contribution >= 4 is 34.5 Å². The molecule has 0 bridgehead atoms. The molecular weight excluding hydrogens is 292 g/mol. The number of methoxy groups -OCH3 is 1. The summed E-state index contributed by atoms with van der Waals surface area (Å²) in [5, 5.41) is 4.67. The van der Waals surface area contributed by atoms with Gasteiger partial charge in [0.2, 0.25) is 0 Å². The Hall–Kier alpha value is -1.92. The van der Waals surface area contributed by atoms with Crippen LogP contribution in [0, 0.1) is 0 Å². The summed E-state index contributed by atoms with van der Waals surface area (Å²) in [5.74, 6) is 0.432. The van der Waals surface area contributed by atoms with Crippen LogP contribution >= 0.6 is 23.6 Å². The number of thiocarbonyl (C=S) groups is 1. The zero-order valence-corrected chi connectivity index (χ0v) is 12.5. The highest BCUT2D eigenvalue weighted by atomic mass is 32.1. The van der Waals surface area contributed by atoms with Crippen LogP contribution in [0.4, 0.5) is 0 Å². The first kappa shape index (κ1) is 14.5. The predicted octanol–water partition coefficient (Wildman–Crippen LogP) is 2.32. The van der Waals surface area contributed by atoms with E-state index in [1.165, 1.54) is 11.3 Å². The molecule has 1 aromatic carbocycles. The van der Waals surface area contributed by atoms with Gasteiger partial charge in [-0.15, -0.1) is 11.3 Å². The molecular formula is C14H14N2O2S2. The molecule has 6 heteroatoms. The minimum atomic E-state index is -0.155. The maximum Gasteiger partial charge on any atom is 0.265 e. The number of carbonyl (C=O) groups excluding carboxylic acids is 1. The van der Waals surface area contributed by atoms with Crippen LogP contribution in [0.1, 0.15) is 20.8 Å². The smallest absolute Gasteiger partial charge is 0.265 e. The fourth-order valence-corrected chi connectivity index (χ4v) is 2.62. The van der Waals surface area contributed by atoms with Crippen LogP contribution < -0.4 is 15.8 Å². The second-order valence-electron chi connectivity index (χ2n) is 4.07. The molecule has 20 heavy (non-hydrogen) atoms. The van der Waals surface area contributed by atoms with E-state index in [9.17, 15) is 4.79 Å². The first-order valence-electron chi connectivity index (χ1n) is 5.90. The zero-order valence-electron chi connectivity index (χ0n) is 10.9. The third-order valence-electron chi connectivity index (χ3n) is 2.72. The van der Waals surface area contributed by atoms with E-state index in [1.54, 1.807) is 13.2 Å². The van der Waals surface area contributed by atoms with Gasteiger partial charge in [0.15, 0.2) is 0 Å². The van der Waals surface area contributed by atoms with Crippen LogP contribution in [0.15, 0.2) is 35.7 Å². The number of thiophene rings is 1. The Morgan fingerprint density at radius 1 is 1.45 bits per heavy atom. The van der Waals surface area contributed by atoms with Gasteiger partial charge in [-0.25, -0.2) is 0 Å². The quantitative estimate of drug-likeness (QED) is 0.832. The van der Waals surface area contributed by atoms with Crippen molar-refractivity contribution in [3.63, 3.8) is 0 Å². The number of nitrogens with one attached hydrogen (secondary N) is 1. The summed E-state index contributed by atoms with van der Waals surface area (Å²) in [6.45, 7) is 0.413. The highest BCUT2D eigenvalue weighted by molar-refractivity contribution is 7.80. The second kappa shape index (κ2) is 6.49. The number of amides is 1. The zero-order chi connectivity index (χ0) is 14.5. The molecule has 0 aliphatic heterocycles. The van der Waals surface area contributed by atoms with Crippen LogP contribution in [0.2, 0.25) is 0 Å². The first-order chi connectivity index (χ1) is 9.61. The van der Waals surface area contributed by atoms with Crippen LogP contribution in [-0.4, -0.2) is 18.0 Å². The van der Waals surface area contributed by atoms with Gasteiger partial charge in [0, 0.05) is 12.1 Å². The third-order valence-corrected chi connectivity index (χ3v) is 3.85. The highest BCUT2D eigenvalue weighted by Gasteiger charge is 2.13. The maximum absolute atomic E-state index is 12.0. The summed E-state index contributed by atoms with van der Waals surface area (Å²) in [7, 11) is 1.55. The second-order valence-corrected chi connectivity index (χ2v) is 5.42. The number of ether oxygens (including phenoxy) is 1. The lowest BCUT2D eigenvalue weighted by molar-refractivity contribution is 0.0952. The maximum atomic E-state index is 12.0. The van der Waals surface area contributed by atoms with Gasteiger partial charge in [-0.3, -0.25) is 4.79 Å². The Labute approximate surface area is 126 Å². The number of nitrogens with two attached hydrogens (primary N) is 1. The van der Waals surface area contributed by atoms with Crippen molar-refractivity contribution in [2.75, 3.05) is 7.11 Å². The Bertz CT molecular complexity index is 638. The molecule has 2 rings (SSSR count). The minimum Gasteiger partial charge on any atom is -0.495 e. The van der Waals surface area contributed by atoms with E-state index >= 15 is 0 Å². The summed E-state index contributed by atoms with van der Waals surface area (Å²) in [4.78, 5) is 13.0. The lowest BCUT2D eigenvalue weighted by atomic mass is 10.1. The van der Waals surface area contributed by atoms with Gasteiger partial charge in [-0.05, 0) is 23.1 Å². The molecule has 3 N–H and O–H groups in total. The monoisotopic (exact) mass is 306 g/mol. The largest absolute Gasteiger partial charge is 0.495 e. The SMILES string of the molecule is COc1ccsc1C(=O)NCc1cccc(C(N)=S)c1. The van der Waals surface area contributed by atoms with Gasteiger partial charge in [0.1, 0.15) is 15.6 Å². The van der Waals surface area contributed by atoms with Gasteiger partial charge < -0.3 is 15.8 Å². The molecule has 0 fully saturated rings. The lowest BCUT2D eigenvalue weighted by Gasteiger charge is -2.07. The van der Waals surface area contributed by atoms with Gasteiger partial charge >= 0.3 is 0 Å². The van der Waals surface area contributed by atoms with Gasteiger partial charge in [-0.1, -0.05) is 30.4 Å². The Morgan fingerprint density at radius 3 is 2.95 bits per heavy atom. The van der Waals surface area contributed by atoms with Crippen LogP contribution in [0.25, 0.3) is 0 Å². The first-order valence-corrected chi connectivity index (χ1v) is 7.19. The molecule has 0 spiro atoms.